The first-order chi connectivity index (χ1) is 10.1. The molecule has 0 spiro atoms. The molecule has 21 heavy (non-hydrogen) atoms. The zero-order chi connectivity index (χ0) is 15.1. The van der Waals surface area contributed by atoms with Crippen LogP contribution in [0.2, 0.25) is 0 Å². The van der Waals surface area contributed by atoms with Crippen molar-refractivity contribution in [3.05, 3.63) is 64.1 Å². The van der Waals surface area contributed by atoms with E-state index in [1.54, 1.807) is 0 Å². The van der Waals surface area contributed by atoms with Crippen LogP contribution in [0.3, 0.4) is 0 Å². The van der Waals surface area contributed by atoms with E-state index in [0.29, 0.717) is 24.8 Å². The zero-order valence-electron chi connectivity index (χ0n) is 11.4. The number of ether oxygens (including phenoxy) is 2. The minimum atomic E-state index is 0.388. The van der Waals surface area contributed by atoms with Gasteiger partial charge in [0.1, 0.15) is 17.3 Å². The third-order valence-electron chi connectivity index (χ3n) is 2.79. The molecule has 110 valence electrons. The fourth-order valence-electron chi connectivity index (χ4n) is 1.75. The molecule has 3 nitrogen and oxygen atoms in total. The summed E-state index contributed by atoms with van der Waals surface area (Å²) < 4.78 is 12.2. The van der Waals surface area contributed by atoms with E-state index in [1.807, 2.05) is 48.5 Å². The topological polar surface area (TPSA) is 44.5 Å². The van der Waals surface area contributed by atoms with Gasteiger partial charge in [0, 0.05) is 10.0 Å². The smallest absolute Gasteiger partial charge is 0.119 e. The predicted molar refractivity (Wildman–Crippen MR) is 91.6 cm³/mol. The van der Waals surface area contributed by atoms with Gasteiger partial charge >= 0.3 is 0 Å². The van der Waals surface area contributed by atoms with Crippen molar-refractivity contribution in [1.82, 2.24) is 0 Å². The molecule has 2 rings (SSSR count). The Morgan fingerprint density at radius 1 is 1.10 bits per heavy atom. The van der Waals surface area contributed by atoms with E-state index in [-0.39, 0.29) is 0 Å². The minimum Gasteiger partial charge on any atom is -0.491 e. The lowest BCUT2D eigenvalue weighted by Crippen LogP contribution is -2.09. The molecule has 0 saturated carbocycles. The lowest BCUT2D eigenvalue weighted by atomic mass is 10.2. The van der Waals surface area contributed by atoms with Crippen LogP contribution in [0, 0.1) is 0 Å². The maximum atomic E-state index is 5.58. The van der Waals surface area contributed by atoms with Gasteiger partial charge in [-0.05, 0) is 42.0 Å². The Morgan fingerprint density at radius 3 is 2.52 bits per heavy atom. The average Bonchev–Trinajstić information content (AvgIpc) is 2.47. The van der Waals surface area contributed by atoms with Crippen LogP contribution in [0.4, 0.5) is 0 Å². The van der Waals surface area contributed by atoms with Gasteiger partial charge in [-0.2, -0.15) is 0 Å². The van der Waals surface area contributed by atoms with Gasteiger partial charge in [-0.15, -0.1) is 0 Å². The van der Waals surface area contributed by atoms with E-state index in [4.69, 9.17) is 27.4 Å². The van der Waals surface area contributed by atoms with Crippen LogP contribution in [-0.4, -0.2) is 18.2 Å². The van der Waals surface area contributed by atoms with Crippen molar-refractivity contribution in [2.75, 3.05) is 13.2 Å². The molecule has 0 aliphatic carbocycles. The standard InChI is InChI=1S/C16H16BrNO2S/c17-14-3-1-2-12(10-14)11-19-8-9-20-15-6-4-13(5-7-15)16(18)21/h1-7,10H,8-9,11H2,(H2,18,21). The third kappa shape index (κ3) is 5.46. The van der Waals surface area contributed by atoms with Crippen molar-refractivity contribution in [3.63, 3.8) is 0 Å². The molecule has 0 amide bonds. The molecule has 2 aromatic rings. The van der Waals surface area contributed by atoms with E-state index in [9.17, 15) is 0 Å². The molecular weight excluding hydrogens is 350 g/mol. The molecule has 0 aliphatic rings. The summed E-state index contributed by atoms with van der Waals surface area (Å²) in [5, 5.41) is 0. The predicted octanol–water partition coefficient (Wildman–Crippen LogP) is 3.68. The lowest BCUT2D eigenvalue weighted by Gasteiger charge is -2.08. The van der Waals surface area contributed by atoms with E-state index >= 15 is 0 Å². The molecule has 0 heterocycles. The summed E-state index contributed by atoms with van der Waals surface area (Å²) in [6.45, 7) is 1.60. The number of halogens is 1. The quantitative estimate of drug-likeness (QED) is 0.600. The molecular formula is C16H16BrNO2S. The van der Waals surface area contributed by atoms with E-state index in [2.05, 4.69) is 15.9 Å². The fourth-order valence-corrected chi connectivity index (χ4v) is 2.33. The maximum absolute atomic E-state index is 5.58. The lowest BCUT2D eigenvalue weighted by molar-refractivity contribution is 0.0889. The zero-order valence-corrected chi connectivity index (χ0v) is 13.8. The summed E-state index contributed by atoms with van der Waals surface area (Å²) in [6.07, 6.45) is 0. The van der Waals surface area contributed by atoms with Gasteiger partial charge in [0.05, 0.1) is 13.2 Å². The van der Waals surface area contributed by atoms with Crippen LogP contribution in [0.1, 0.15) is 11.1 Å². The summed E-state index contributed by atoms with van der Waals surface area (Å²) >= 11 is 8.33. The van der Waals surface area contributed by atoms with Gasteiger partial charge in [0.15, 0.2) is 0 Å². The highest BCUT2D eigenvalue weighted by molar-refractivity contribution is 9.10. The third-order valence-corrected chi connectivity index (χ3v) is 3.52. The SMILES string of the molecule is NC(=S)c1ccc(OCCOCc2cccc(Br)c2)cc1. The van der Waals surface area contributed by atoms with Crippen LogP contribution >= 0.6 is 28.1 Å². The number of hydrogen-bond donors (Lipinski definition) is 1. The van der Waals surface area contributed by atoms with Crippen LogP contribution in [0.25, 0.3) is 0 Å². The number of thiocarbonyl (C=S) groups is 1. The van der Waals surface area contributed by atoms with Crippen molar-refractivity contribution in [2.45, 2.75) is 6.61 Å². The van der Waals surface area contributed by atoms with Crippen LogP contribution in [0.5, 0.6) is 5.75 Å². The highest BCUT2D eigenvalue weighted by Crippen LogP contribution is 2.13. The number of nitrogens with two attached hydrogens (primary N) is 1. The molecule has 0 radical (unpaired) electrons. The van der Waals surface area contributed by atoms with Gasteiger partial charge in [-0.25, -0.2) is 0 Å². The number of benzene rings is 2. The number of hydrogen-bond acceptors (Lipinski definition) is 3. The molecule has 0 bridgehead atoms. The fraction of sp³-hybridized carbons (Fsp3) is 0.188. The Bertz CT molecular complexity index is 601. The second-order valence-electron chi connectivity index (χ2n) is 4.42. The normalized spacial score (nSPS) is 10.3. The van der Waals surface area contributed by atoms with Gasteiger partial charge in [0.25, 0.3) is 0 Å². The van der Waals surface area contributed by atoms with Gasteiger partial charge in [-0.1, -0.05) is 40.3 Å². The van der Waals surface area contributed by atoms with Crippen LogP contribution in [0.15, 0.2) is 53.0 Å². The molecule has 0 unspecified atom stereocenters. The van der Waals surface area contributed by atoms with Crippen molar-refractivity contribution < 1.29 is 9.47 Å². The molecule has 0 aromatic heterocycles. The molecule has 0 atom stereocenters. The first-order valence-corrected chi connectivity index (χ1v) is 7.70. The van der Waals surface area contributed by atoms with Crippen molar-refractivity contribution in [3.8, 4) is 5.75 Å². The van der Waals surface area contributed by atoms with Gasteiger partial charge in [-0.3, -0.25) is 0 Å². The van der Waals surface area contributed by atoms with Crippen LogP contribution in [-0.2, 0) is 11.3 Å². The molecule has 0 aliphatic heterocycles. The Kier molecular flexibility index (Phi) is 6.17. The summed E-state index contributed by atoms with van der Waals surface area (Å²) in [5.41, 5.74) is 7.50. The largest absolute Gasteiger partial charge is 0.491 e. The first kappa shape index (κ1) is 15.9. The Hall–Kier alpha value is -1.43. The Morgan fingerprint density at radius 2 is 1.86 bits per heavy atom. The monoisotopic (exact) mass is 365 g/mol. The highest BCUT2D eigenvalue weighted by atomic mass is 79.9. The van der Waals surface area contributed by atoms with Gasteiger partial charge < -0.3 is 15.2 Å². The molecule has 2 aromatic carbocycles. The maximum Gasteiger partial charge on any atom is 0.119 e. The second-order valence-corrected chi connectivity index (χ2v) is 5.78. The Labute approximate surface area is 138 Å². The Balaban J connectivity index is 1.69. The average molecular weight is 366 g/mol. The summed E-state index contributed by atoms with van der Waals surface area (Å²) in [7, 11) is 0. The van der Waals surface area contributed by atoms with E-state index < -0.39 is 0 Å². The molecule has 5 heteroatoms. The highest BCUT2D eigenvalue weighted by Gasteiger charge is 1.98. The minimum absolute atomic E-state index is 0.388. The first-order valence-electron chi connectivity index (χ1n) is 6.50. The van der Waals surface area contributed by atoms with Crippen molar-refractivity contribution in [1.29, 1.82) is 0 Å². The van der Waals surface area contributed by atoms with E-state index in [1.165, 1.54) is 0 Å². The summed E-state index contributed by atoms with van der Waals surface area (Å²) in [5.74, 6) is 0.779. The van der Waals surface area contributed by atoms with E-state index in [0.717, 1.165) is 21.3 Å². The summed E-state index contributed by atoms with van der Waals surface area (Å²) in [6, 6.07) is 15.4. The van der Waals surface area contributed by atoms with Crippen LogP contribution < -0.4 is 10.5 Å². The molecule has 0 fully saturated rings. The molecule has 0 saturated heterocycles. The van der Waals surface area contributed by atoms with Gasteiger partial charge in [0.2, 0.25) is 0 Å². The van der Waals surface area contributed by atoms with Crippen molar-refractivity contribution >= 4 is 33.1 Å². The number of rotatable bonds is 7. The second kappa shape index (κ2) is 8.12. The molecule has 2 N–H and O–H groups in total. The van der Waals surface area contributed by atoms with Crippen molar-refractivity contribution in [2.24, 2.45) is 5.73 Å². The summed E-state index contributed by atoms with van der Waals surface area (Å²) in [4.78, 5) is 0.388.